The van der Waals surface area contributed by atoms with E-state index in [0.717, 1.165) is 11.5 Å². The lowest BCUT2D eigenvalue weighted by Gasteiger charge is -2.65. The molecule has 5 nitrogen and oxygen atoms in total. The first-order valence-electron chi connectivity index (χ1n) is 10.2. The van der Waals surface area contributed by atoms with Crippen LogP contribution in [-0.2, 0) is 0 Å². The number of hydrogen-bond donors (Lipinski definition) is 0. The molecule has 5 unspecified atom stereocenters. The maximum atomic E-state index is 4.79. The summed E-state index contributed by atoms with van der Waals surface area (Å²) in [5.74, 6) is 4.22. The standard InChI is InChI=1S/C24H27N5/c1-6-23(4)18-11-7-8-12-24(18,5)29-20-19(26-14-15-27-20)28(21(29)22(23,2)3)17-10-9-13-25-16-17/h6-13,15-16,18-19,21H,1H2,2-5H3. The number of anilines is 1. The third-order valence-electron chi connectivity index (χ3n) is 7.75. The maximum Gasteiger partial charge on any atom is 0.190 e. The van der Waals surface area contributed by atoms with E-state index >= 15 is 0 Å². The van der Waals surface area contributed by atoms with E-state index in [9.17, 15) is 0 Å². The first-order chi connectivity index (χ1) is 13.9. The van der Waals surface area contributed by atoms with E-state index in [2.05, 4.69) is 91.4 Å². The van der Waals surface area contributed by atoms with Crippen molar-refractivity contribution in [3.05, 3.63) is 67.7 Å². The SMILES string of the molecule is C=CC1(C)C2C=CC=CC2(C)N2C3=NC=C=NC3N(c3cccnc3)C2C1(C)C. The van der Waals surface area contributed by atoms with Gasteiger partial charge in [-0.15, -0.1) is 6.58 Å². The first kappa shape index (κ1) is 18.1. The molecule has 4 aliphatic rings. The van der Waals surface area contributed by atoms with Crippen molar-refractivity contribution in [1.82, 2.24) is 9.88 Å². The molecule has 1 aromatic rings. The summed E-state index contributed by atoms with van der Waals surface area (Å²) in [5.41, 5.74) is 0.504. The van der Waals surface area contributed by atoms with Crippen molar-refractivity contribution in [2.24, 2.45) is 26.7 Å². The van der Waals surface area contributed by atoms with Crippen molar-refractivity contribution in [2.45, 2.75) is 45.6 Å². The molecule has 29 heavy (non-hydrogen) atoms. The van der Waals surface area contributed by atoms with E-state index in [1.165, 1.54) is 0 Å². The molecule has 2 fully saturated rings. The fourth-order valence-electron chi connectivity index (χ4n) is 5.88. The highest BCUT2D eigenvalue weighted by molar-refractivity contribution is 5.98. The largest absolute Gasteiger partial charge is 0.326 e. The van der Waals surface area contributed by atoms with E-state index in [4.69, 9.17) is 9.98 Å². The zero-order valence-corrected chi connectivity index (χ0v) is 17.4. The Morgan fingerprint density at radius 2 is 2.03 bits per heavy atom. The summed E-state index contributed by atoms with van der Waals surface area (Å²) in [7, 11) is 0. The maximum absolute atomic E-state index is 4.79. The molecule has 0 radical (unpaired) electrons. The number of amidine groups is 1. The summed E-state index contributed by atoms with van der Waals surface area (Å²) in [6.07, 6.45) is 16.4. The summed E-state index contributed by atoms with van der Waals surface area (Å²) in [6, 6.07) is 4.09. The molecule has 4 heterocycles. The lowest BCUT2D eigenvalue weighted by Crippen LogP contribution is -2.72. The van der Waals surface area contributed by atoms with Crippen LogP contribution in [0.4, 0.5) is 5.69 Å². The molecule has 0 amide bonds. The van der Waals surface area contributed by atoms with Gasteiger partial charge in [0.2, 0.25) is 0 Å². The van der Waals surface area contributed by atoms with E-state index in [-0.39, 0.29) is 34.6 Å². The number of aromatic nitrogens is 1. The number of hydrogen-bond acceptors (Lipinski definition) is 5. The Morgan fingerprint density at radius 1 is 1.21 bits per heavy atom. The first-order valence-corrected chi connectivity index (χ1v) is 10.2. The van der Waals surface area contributed by atoms with Crippen molar-refractivity contribution in [2.75, 3.05) is 4.90 Å². The fourth-order valence-corrected chi connectivity index (χ4v) is 5.88. The summed E-state index contributed by atoms with van der Waals surface area (Å²) in [6.45, 7) is 13.6. The quantitative estimate of drug-likeness (QED) is 0.717. The fraction of sp³-hybridized carbons (Fsp3) is 0.417. The van der Waals surface area contributed by atoms with Crippen molar-refractivity contribution in [3.63, 3.8) is 0 Å². The zero-order valence-electron chi connectivity index (χ0n) is 17.4. The summed E-state index contributed by atoms with van der Waals surface area (Å²) in [5, 5.41) is 0. The second-order valence-corrected chi connectivity index (χ2v) is 9.27. The summed E-state index contributed by atoms with van der Waals surface area (Å²) >= 11 is 0. The highest BCUT2D eigenvalue weighted by Gasteiger charge is 2.68. The Balaban J connectivity index is 1.80. The topological polar surface area (TPSA) is 44.1 Å². The molecule has 2 saturated heterocycles. The Morgan fingerprint density at radius 3 is 2.76 bits per heavy atom. The van der Waals surface area contributed by atoms with Crippen LogP contribution in [0.2, 0.25) is 0 Å². The van der Waals surface area contributed by atoms with Gasteiger partial charge in [-0.25, -0.2) is 9.98 Å². The summed E-state index contributed by atoms with van der Waals surface area (Å²) < 4.78 is 0. The van der Waals surface area contributed by atoms with Gasteiger partial charge in [0.25, 0.3) is 0 Å². The van der Waals surface area contributed by atoms with Crippen LogP contribution >= 0.6 is 0 Å². The molecule has 5 heteroatoms. The van der Waals surface area contributed by atoms with Gasteiger partial charge in [-0.3, -0.25) is 4.98 Å². The van der Waals surface area contributed by atoms with E-state index in [1.54, 1.807) is 6.20 Å². The van der Waals surface area contributed by atoms with Gasteiger partial charge in [0.05, 0.1) is 23.6 Å². The van der Waals surface area contributed by atoms with Crippen LogP contribution < -0.4 is 4.90 Å². The van der Waals surface area contributed by atoms with E-state index in [1.807, 2.05) is 18.5 Å². The van der Waals surface area contributed by atoms with Gasteiger partial charge in [-0.2, -0.15) is 0 Å². The molecule has 1 aromatic heterocycles. The normalized spacial score (nSPS) is 38.3. The number of nitrogens with zero attached hydrogens (tertiary/aromatic N) is 5. The Hall–Kier alpha value is -2.91. The summed E-state index contributed by atoms with van der Waals surface area (Å²) in [4.78, 5) is 18.8. The van der Waals surface area contributed by atoms with Crippen LogP contribution in [0.25, 0.3) is 0 Å². The molecular formula is C24H27N5. The minimum absolute atomic E-state index is 0.0351. The number of piperidine rings is 1. The smallest absolute Gasteiger partial charge is 0.190 e. The van der Waals surface area contributed by atoms with Gasteiger partial charge < -0.3 is 9.80 Å². The predicted molar refractivity (Wildman–Crippen MR) is 118 cm³/mol. The van der Waals surface area contributed by atoms with Crippen molar-refractivity contribution >= 4 is 17.4 Å². The van der Waals surface area contributed by atoms with Gasteiger partial charge in [0.1, 0.15) is 6.17 Å². The molecule has 0 N–H and O–H groups in total. The predicted octanol–water partition coefficient (Wildman–Crippen LogP) is 4.18. The molecule has 5 rings (SSSR count). The Bertz CT molecular complexity index is 1010. The Kier molecular flexibility index (Phi) is 3.63. The minimum Gasteiger partial charge on any atom is -0.326 e. The second-order valence-electron chi connectivity index (χ2n) is 9.27. The van der Waals surface area contributed by atoms with Crippen LogP contribution in [-0.4, -0.2) is 39.5 Å². The van der Waals surface area contributed by atoms with Gasteiger partial charge in [0.15, 0.2) is 12.0 Å². The van der Waals surface area contributed by atoms with Crippen molar-refractivity contribution in [3.8, 4) is 0 Å². The lowest BCUT2D eigenvalue weighted by molar-refractivity contribution is -0.0905. The highest BCUT2D eigenvalue weighted by Crippen LogP contribution is 2.63. The molecule has 3 aliphatic heterocycles. The van der Waals surface area contributed by atoms with E-state index < -0.39 is 0 Å². The number of fused-ring (bicyclic) bond motifs is 5. The third kappa shape index (κ3) is 2.09. The molecule has 0 bridgehead atoms. The van der Waals surface area contributed by atoms with Gasteiger partial charge in [-0.1, -0.05) is 51.2 Å². The van der Waals surface area contributed by atoms with Crippen molar-refractivity contribution in [1.29, 1.82) is 0 Å². The molecule has 148 valence electrons. The van der Waals surface area contributed by atoms with Gasteiger partial charge in [0, 0.05) is 28.8 Å². The average Bonchev–Trinajstić information content (AvgIpc) is 3.10. The molecular weight excluding hydrogens is 358 g/mol. The minimum atomic E-state index is -0.243. The average molecular weight is 386 g/mol. The highest BCUT2D eigenvalue weighted by atomic mass is 15.5. The molecule has 0 aromatic carbocycles. The molecule has 0 saturated carbocycles. The second kappa shape index (κ2) is 5.80. The van der Waals surface area contributed by atoms with E-state index in [0.29, 0.717) is 0 Å². The monoisotopic (exact) mass is 385 g/mol. The van der Waals surface area contributed by atoms with Crippen LogP contribution in [0.15, 0.2) is 77.7 Å². The molecule has 1 aliphatic carbocycles. The Labute approximate surface area is 172 Å². The van der Waals surface area contributed by atoms with Crippen LogP contribution in [0.1, 0.15) is 27.7 Å². The number of pyridine rings is 1. The number of allylic oxidation sites excluding steroid dienone is 3. The lowest BCUT2D eigenvalue weighted by atomic mass is 9.50. The molecule has 5 atom stereocenters. The zero-order chi connectivity index (χ0) is 20.4. The molecule has 0 spiro atoms. The van der Waals surface area contributed by atoms with Crippen LogP contribution in [0, 0.1) is 16.7 Å². The third-order valence-corrected chi connectivity index (χ3v) is 7.75. The van der Waals surface area contributed by atoms with Gasteiger partial charge >= 0.3 is 0 Å². The van der Waals surface area contributed by atoms with Crippen LogP contribution in [0.5, 0.6) is 0 Å². The number of rotatable bonds is 2. The number of aliphatic imine (C=N–C) groups is 2. The van der Waals surface area contributed by atoms with Gasteiger partial charge in [-0.05, 0) is 19.1 Å². The van der Waals surface area contributed by atoms with Crippen LogP contribution in [0.3, 0.4) is 0 Å². The van der Waals surface area contributed by atoms with Crippen molar-refractivity contribution < 1.29 is 0 Å².